The Hall–Kier alpha value is -2.11. The molecule has 2 aromatic heterocycles. The molecule has 3 heterocycles. The van der Waals surface area contributed by atoms with Crippen LogP contribution in [0.2, 0.25) is 0 Å². The van der Waals surface area contributed by atoms with E-state index in [0.717, 1.165) is 43.7 Å². The van der Waals surface area contributed by atoms with Gasteiger partial charge in [0.2, 0.25) is 0 Å². The van der Waals surface area contributed by atoms with Crippen LogP contribution in [0.15, 0.2) is 51.6 Å². The Balaban J connectivity index is 1.40. The van der Waals surface area contributed by atoms with Crippen molar-refractivity contribution in [1.82, 2.24) is 9.80 Å². The van der Waals surface area contributed by atoms with E-state index >= 15 is 0 Å². The van der Waals surface area contributed by atoms with Crippen LogP contribution in [0, 0.1) is 0 Å². The number of hydrogen-bond donors (Lipinski definition) is 0. The number of carbonyl (C=O) groups excluding carboxylic acids is 1. The summed E-state index contributed by atoms with van der Waals surface area (Å²) < 4.78 is 5.69. The van der Waals surface area contributed by atoms with E-state index < -0.39 is 0 Å². The first-order valence-electron chi connectivity index (χ1n) is 7.81. The van der Waals surface area contributed by atoms with Gasteiger partial charge in [0.25, 0.3) is 5.91 Å². The zero-order chi connectivity index (χ0) is 15.6. The second-order valence-corrected chi connectivity index (χ2v) is 6.63. The van der Waals surface area contributed by atoms with Gasteiger partial charge in [0.05, 0.1) is 0 Å². The average molecular weight is 326 g/mol. The number of amides is 1. The summed E-state index contributed by atoms with van der Waals surface area (Å²) in [5, 5.41) is 5.27. The quantitative estimate of drug-likeness (QED) is 0.740. The van der Waals surface area contributed by atoms with Crippen LogP contribution in [0.3, 0.4) is 0 Å². The van der Waals surface area contributed by atoms with Crippen molar-refractivity contribution in [2.45, 2.75) is 6.54 Å². The van der Waals surface area contributed by atoms with E-state index in [4.69, 9.17) is 4.42 Å². The van der Waals surface area contributed by atoms with Gasteiger partial charge in [-0.25, -0.2) is 0 Å². The summed E-state index contributed by atoms with van der Waals surface area (Å²) in [5.41, 5.74) is 2.12. The number of para-hydroxylation sites is 1. The number of carbonyl (C=O) groups is 1. The lowest BCUT2D eigenvalue weighted by molar-refractivity contribution is 0.0600. The van der Waals surface area contributed by atoms with Crippen LogP contribution < -0.4 is 0 Å². The Morgan fingerprint density at radius 2 is 1.96 bits per heavy atom. The molecular weight excluding hydrogens is 308 g/mol. The molecular formula is C18H18N2O2S. The summed E-state index contributed by atoms with van der Waals surface area (Å²) >= 11 is 1.73. The van der Waals surface area contributed by atoms with Gasteiger partial charge < -0.3 is 9.32 Å². The first-order valence-corrected chi connectivity index (χ1v) is 8.75. The molecule has 118 valence electrons. The van der Waals surface area contributed by atoms with Crippen LogP contribution in [0.25, 0.3) is 11.0 Å². The van der Waals surface area contributed by atoms with Gasteiger partial charge in [-0.3, -0.25) is 9.69 Å². The topological polar surface area (TPSA) is 36.7 Å². The monoisotopic (exact) mass is 326 g/mol. The fraction of sp³-hybridized carbons (Fsp3) is 0.278. The SMILES string of the molecule is O=C(c1cc2ccccc2o1)N1CCN(Cc2ccsc2)CC1. The van der Waals surface area contributed by atoms with Gasteiger partial charge in [-0.1, -0.05) is 18.2 Å². The van der Waals surface area contributed by atoms with Gasteiger partial charge in [0, 0.05) is 38.1 Å². The molecule has 4 rings (SSSR count). The maximum atomic E-state index is 12.6. The molecule has 0 unspecified atom stereocenters. The summed E-state index contributed by atoms with van der Waals surface area (Å²) in [6.45, 7) is 4.28. The van der Waals surface area contributed by atoms with E-state index in [1.165, 1.54) is 5.56 Å². The minimum absolute atomic E-state index is 0.00335. The number of benzene rings is 1. The minimum atomic E-state index is -0.00335. The summed E-state index contributed by atoms with van der Waals surface area (Å²) in [6, 6.07) is 11.7. The van der Waals surface area contributed by atoms with Crippen molar-refractivity contribution in [2.24, 2.45) is 0 Å². The number of rotatable bonds is 3. The van der Waals surface area contributed by atoms with Crippen molar-refractivity contribution in [3.63, 3.8) is 0 Å². The smallest absolute Gasteiger partial charge is 0.289 e. The van der Waals surface area contributed by atoms with Gasteiger partial charge in [-0.2, -0.15) is 11.3 Å². The predicted octanol–water partition coefficient (Wildman–Crippen LogP) is 3.45. The van der Waals surface area contributed by atoms with Crippen molar-refractivity contribution >= 4 is 28.2 Å². The van der Waals surface area contributed by atoms with Crippen LogP contribution in [-0.2, 0) is 6.54 Å². The highest BCUT2D eigenvalue weighted by Crippen LogP contribution is 2.21. The fourth-order valence-electron chi connectivity index (χ4n) is 2.99. The first kappa shape index (κ1) is 14.5. The molecule has 0 bridgehead atoms. The molecule has 0 radical (unpaired) electrons. The van der Waals surface area contributed by atoms with E-state index in [-0.39, 0.29) is 5.91 Å². The normalized spacial score (nSPS) is 16.1. The Morgan fingerprint density at radius 1 is 1.13 bits per heavy atom. The van der Waals surface area contributed by atoms with Crippen LogP contribution in [0.5, 0.6) is 0 Å². The van der Waals surface area contributed by atoms with Crippen LogP contribution >= 0.6 is 11.3 Å². The second-order valence-electron chi connectivity index (χ2n) is 5.85. The maximum Gasteiger partial charge on any atom is 0.289 e. The number of hydrogen-bond acceptors (Lipinski definition) is 4. The highest BCUT2D eigenvalue weighted by molar-refractivity contribution is 7.07. The van der Waals surface area contributed by atoms with Crippen molar-refractivity contribution in [3.05, 3.63) is 58.5 Å². The molecule has 5 heteroatoms. The number of furan rings is 1. The lowest BCUT2D eigenvalue weighted by atomic mass is 10.2. The van der Waals surface area contributed by atoms with E-state index in [1.807, 2.05) is 35.2 Å². The maximum absolute atomic E-state index is 12.6. The van der Waals surface area contributed by atoms with Crippen LogP contribution in [0.1, 0.15) is 16.1 Å². The third-order valence-corrected chi connectivity index (χ3v) is 5.01. The van der Waals surface area contributed by atoms with Crippen LogP contribution in [-0.4, -0.2) is 41.9 Å². The Kier molecular flexibility index (Phi) is 3.89. The molecule has 1 fully saturated rings. The predicted molar refractivity (Wildman–Crippen MR) is 91.7 cm³/mol. The standard InChI is InChI=1S/C18H18N2O2S/c21-18(17-11-15-3-1-2-4-16(15)22-17)20-8-6-19(7-9-20)12-14-5-10-23-13-14/h1-5,10-11,13H,6-9,12H2. The highest BCUT2D eigenvalue weighted by Gasteiger charge is 2.24. The molecule has 3 aromatic rings. The molecule has 23 heavy (non-hydrogen) atoms. The Labute approximate surface area is 138 Å². The van der Waals surface area contributed by atoms with E-state index in [2.05, 4.69) is 21.7 Å². The number of thiophene rings is 1. The van der Waals surface area contributed by atoms with Crippen molar-refractivity contribution in [1.29, 1.82) is 0 Å². The van der Waals surface area contributed by atoms with Gasteiger partial charge in [0.1, 0.15) is 5.58 Å². The van der Waals surface area contributed by atoms with Crippen molar-refractivity contribution in [2.75, 3.05) is 26.2 Å². The van der Waals surface area contributed by atoms with E-state index in [0.29, 0.717) is 5.76 Å². The molecule has 1 saturated heterocycles. The largest absolute Gasteiger partial charge is 0.451 e. The molecule has 0 N–H and O–H groups in total. The number of fused-ring (bicyclic) bond motifs is 1. The molecule has 1 amide bonds. The molecule has 0 atom stereocenters. The van der Waals surface area contributed by atoms with Gasteiger partial charge in [-0.05, 0) is 34.5 Å². The molecule has 0 aliphatic carbocycles. The van der Waals surface area contributed by atoms with Crippen molar-refractivity contribution in [3.8, 4) is 0 Å². The molecule has 1 aliphatic heterocycles. The van der Waals surface area contributed by atoms with E-state index in [9.17, 15) is 4.79 Å². The molecule has 1 aliphatic rings. The number of nitrogens with zero attached hydrogens (tertiary/aromatic N) is 2. The third kappa shape index (κ3) is 3.02. The first-order chi connectivity index (χ1) is 11.3. The van der Waals surface area contributed by atoms with Crippen LogP contribution in [0.4, 0.5) is 0 Å². The zero-order valence-corrected chi connectivity index (χ0v) is 13.6. The molecule has 4 nitrogen and oxygen atoms in total. The molecule has 0 saturated carbocycles. The number of piperazine rings is 1. The summed E-state index contributed by atoms with van der Waals surface area (Å²) in [5.74, 6) is 0.439. The Morgan fingerprint density at radius 3 is 2.70 bits per heavy atom. The average Bonchev–Trinajstić information content (AvgIpc) is 3.24. The molecule has 0 spiro atoms. The Bertz CT molecular complexity index is 768. The second kappa shape index (κ2) is 6.18. The summed E-state index contributed by atoms with van der Waals surface area (Å²) in [7, 11) is 0. The van der Waals surface area contributed by atoms with Gasteiger partial charge >= 0.3 is 0 Å². The van der Waals surface area contributed by atoms with E-state index in [1.54, 1.807) is 11.3 Å². The van der Waals surface area contributed by atoms with Crippen molar-refractivity contribution < 1.29 is 9.21 Å². The lowest BCUT2D eigenvalue weighted by Crippen LogP contribution is -2.48. The fourth-order valence-corrected chi connectivity index (χ4v) is 3.65. The zero-order valence-electron chi connectivity index (χ0n) is 12.8. The highest BCUT2D eigenvalue weighted by atomic mass is 32.1. The molecule has 1 aromatic carbocycles. The summed E-state index contributed by atoms with van der Waals surface area (Å²) in [4.78, 5) is 16.9. The minimum Gasteiger partial charge on any atom is -0.451 e. The lowest BCUT2D eigenvalue weighted by Gasteiger charge is -2.34. The van der Waals surface area contributed by atoms with Gasteiger partial charge in [0.15, 0.2) is 5.76 Å². The van der Waals surface area contributed by atoms with Gasteiger partial charge in [-0.15, -0.1) is 0 Å². The summed E-state index contributed by atoms with van der Waals surface area (Å²) in [6.07, 6.45) is 0. The third-order valence-electron chi connectivity index (χ3n) is 4.28.